The standard InChI is InChI=1S/C20H26N2.2ClH/c1-3-7-18(8-4-1)11-14-21-20-12-15-22(16-13-20)17-19-9-5-2-6-10-19;;/h1-10,20-21H,11-17H2;2*1H. The summed E-state index contributed by atoms with van der Waals surface area (Å²) in [6.45, 7) is 4.60. The monoisotopic (exact) mass is 366 g/mol. The Morgan fingerprint density at radius 1 is 0.792 bits per heavy atom. The van der Waals surface area contributed by atoms with E-state index in [0.29, 0.717) is 6.04 Å². The predicted molar refractivity (Wildman–Crippen MR) is 107 cm³/mol. The Morgan fingerprint density at radius 3 is 1.92 bits per heavy atom. The third-order valence-corrected chi connectivity index (χ3v) is 4.53. The number of likely N-dealkylation sites (tertiary alicyclic amines) is 1. The van der Waals surface area contributed by atoms with Gasteiger partial charge in [-0.25, -0.2) is 0 Å². The van der Waals surface area contributed by atoms with Crippen LogP contribution in [0.25, 0.3) is 0 Å². The van der Waals surface area contributed by atoms with E-state index in [-0.39, 0.29) is 24.8 Å². The summed E-state index contributed by atoms with van der Waals surface area (Å²) in [5.74, 6) is 0. The molecule has 0 atom stereocenters. The van der Waals surface area contributed by atoms with Crippen molar-refractivity contribution < 1.29 is 0 Å². The maximum absolute atomic E-state index is 3.73. The van der Waals surface area contributed by atoms with Gasteiger partial charge >= 0.3 is 0 Å². The Labute approximate surface area is 158 Å². The van der Waals surface area contributed by atoms with E-state index in [0.717, 1.165) is 19.5 Å². The van der Waals surface area contributed by atoms with Crippen LogP contribution in [-0.4, -0.2) is 30.6 Å². The second-order valence-electron chi connectivity index (χ2n) is 6.23. The molecular weight excluding hydrogens is 339 g/mol. The van der Waals surface area contributed by atoms with Gasteiger partial charge in [0.2, 0.25) is 0 Å². The maximum atomic E-state index is 3.73. The number of hydrogen-bond donors (Lipinski definition) is 1. The summed E-state index contributed by atoms with van der Waals surface area (Å²) in [5.41, 5.74) is 2.86. The molecule has 2 nitrogen and oxygen atoms in total. The third kappa shape index (κ3) is 6.82. The Bertz CT molecular complexity index is 540. The lowest BCUT2D eigenvalue weighted by molar-refractivity contribution is 0.191. The lowest BCUT2D eigenvalue weighted by atomic mass is 10.0. The van der Waals surface area contributed by atoms with Crippen LogP contribution in [-0.2, 0) is 13.0 Å². The fourth-order valence-electron chi connectivity index (χ4n) is 3.20. The number of nitrogens with zero attached hydrogens (tertiary/aromatic N) is 1. The van der Waals surface area contributed by atoms with Crippen LogP contribution >= 0.6 is 24.8 Å². The first-order chi connectivity index (χ1) is 10.9. The van der Waals surface area contributed by atoms with Crippen molar-refractivity contribution in [1.82, 2.24) is 10.2 Å². The highest BCUT2D eigenvalue weighted by Crippen LogP contribution is 2.13. The van der Waals surface area contributed by atoms with Crippen LogP contribution in [0.1, 0.15) is 24.0 Å². The van der Waals surface area contributed by atoms with Crippen molar-refractivity contribution in [3.05, 3.63) is 71.8 Å². The second kappa shape index (κ2) is 11.5. The van der Waals surface area contributed by atoms with Gasteiger partial charge in [-0.2, -0.15) is 0 Å². The van der Waals surface area contributed by atoms with E-state index < -0.39 is 0 Å². The molecule has 2 aromatic rings. The molecule has 0 aromatic heterocycles. The summed E-state index contributed by atoms with van der Waals surface area (Å²) >= 11 is 0. The summed E-state index contributed by atoms with van der Waals surface area (Å²) in [4.78, 5) is 2.57. The van der Waals surface area contributed by atoms with Crippen LogP contribution in [0.2, 0.25) is 0 Å². The van der Waals surface area contributed by atoms with Crippen LogP contribution in [0.3, 0.4) is 0 Å². The molecule has 0 saturated carbocycles. The van der Waals surface area contributed by atoms with Gasteiger partial charge in [0.05, 0.1) is 0 Å². The lowest BCUT2D eigenvalue weighted by Crippen LogP contribution is -2.42. The van der Waals surface area contributed by atoms with Crippen molar-refractivity contribution in [3.63, 3.8) is 0 Å². The van der Waals surface area contributed by atoms with Crippen molar-refractivity contribution in [3.8, 4) is 0 Å². The fraction of sp³-hybridized carbons (Fsp3) is 0.400. The van der Waals surface area contributed by atoms with Crippen LogP contribution in [0.15, 0.2) is 60.7 Å². The highest BCUT2D eigenvalue weighted by atomic mass is 35.5. The van der Waals surface area contributed by atoms with Crippen LogP contribution in [0.4, 0.5) is 0 Å². The zero-order valence-electron chi connectivity index (χ0n) is 14.1. The van der Waals surface area contributed by atoms with Gasteiger partial charge in [0, 0.05) is 12.6 Å². The molecule has 4 heteroatoms. The summed E-state index contributed by atoms with van der Waals surface area (Å²) in [5, 5.41) is 3.73. The molecule has 3 rings (SSSR count). The molecule has 1 fully saturated rings. The molecule has 1 aliphatic heterocycles. The zero-order valence-corrected chi connectivity index (χ0v) is 15.7. The molecule has 1 N–H and O–H groups in total. The highest BCUT2D eigenvalue weighted by Gasteiger charge is 2.18. The van der Waals surface area contributed by atoms with E-state index in [1.807, 2.05) is 0 Å². The molecule has 24 heavy (non-hydrogen) atoms. The lowest BCUT2D eigenvalue weighted by Gasteiger charge is -2.32. The average Bonchev–Trinajstić information content (AvgIpc) is 2.58. The van der Waals surface area contributed by atoms with E-state index >= 15 is 0 Å². The number of nitrogens with one attached hydrogen (secondary N) is 1. The summed E-state index contributed by atoms with van der Waals surface area (Å²) < 4.78 is 0. The second-order valence-corrected chi connectivity index (χ2v) is 6.23. The zero-order chi connectivity index (χ0) is 15.0. The minimum Gasteiger partial charge on any atom is -0.314 e. The van der Waals surface area contributed by atoms with Crippen LogP contribution in [0, 0.1) is 0 Å². The first kappa shape index (κ1) is 21.0. The quantitative estimate of drug-likeness (QED) is 0.818. The van der Waals surface area contributed by atoms with Crippen molar-refractivity contribution in [2.45, 2.75) is 31.8 Å². The predicted octanol–water partition coefficient (Wildman–Crippen LogP) is 4.33. The smallest absolute Gasteiger partial charge is 0.0233 e. The van der Waals surface area contributed by atoms with E-state index in [9.17, 15) is 0 Å². The minimum absolute atomic E-state index is 0. The molecule has 2 aromatic carbocycles. The molecule has 0 bridgehead atoms. The number of rotatable bonds is 6. The Morgan fingerprint density at radius 2 is 1.33 bits per heavy atom. The van der Waals surface area contributed by atoms with E-state index in [1.54, 1.807) is 0 Å². The number of halogens is 2. The molecule has 0 amide bonds. The van der Waals surface area contributed by atoms with Gasteiger partial charge in [0.25, 0.3) is 0 Å². The van der Waals surface area contributed by atoms with Crippen molar-refractivity contribution >= 4 is 24.8 Å². The SMILES string of the molecule is Cl.Cl.c1ccc(CCNC2CCN(Cc3ccccc3)CC2)cc1. The van der Waals surface area contributed by atoms with E-state index in [2.05, 4.69) is 70.9 Å². The van der Waals surface area contributed by atoms with Gasteiger partial charge in [-0.15, -0.1) is 24.8 Å². The Kier molecular flexibility index (Phi) is 10.0. The van der Waals surface area contributed by atoms with Gasteiger partial charge in [0.1, 0.15) is 0 Å². The summed E-state index contributed by atoms with van der Waals surface area (Å²) in [7, 11) is 0. The molecule has 0 aliphatic carbocycles. The van der Waals surface area contributed by atoms with Crippen molar-refractivity contribution in [2.75, 3.05) is 19.6 Å². The first-order valence-electron chi connectivity index (χ1n) is 8.44. The molecule has 1 aliphatic rings. The third-order valence-electron chi connectivity index (χ3n) is 4.53. The fourth-order valence-corrected chi connectivity index (χ4v) is 3.20. The highest BCUT2D eigenvalue weighted by molar-refractivity contribution is 5.85. The van der Waals surface area contributed by atoms with Gasteiger partial charge in [-0.1, -0.05) is 60.7 Å². The molecule has 0 spiro atoms. The van der Waals surface area contributed by atoms with Crippen LogP contribution in [0.5, 0.6) is 0 Å². The topological polar surface area (TPSA) is 15.3 Å². The van der Waals surface area contributed by atoms with E-state index in [4.69, 9.17) is 0 Å². The number of piperidine rings is 1. The van der Waals surface area contributed by atoms with Gasteiger partial charge in [-0.3, -0.25) is 4.90 Å². The Hall–Kier alpha value is -1.06. The Balaban J connectivity index is 0.00000144. The van der Waals surface area contributed by atoms with E-state index in [1.165, 1.54) is 37.1 Å². The molecule has 132 valence electrons. The number of hydrogen-bond acceptors (Lipinski definition) is 2. The molecular formula is C20H28Cl2N2. The van der Waals surface area contributed by atoms with Crippen molar-refractivity contribution in [2.24, 2.45) is 0 Å². The summed E-state index contributed by atoms with van der Waals surface area (Å²) in [6, 6.07) is 22.2. The molecule has 1 heterocycles. The maximum Gasteiger partial charge on any atom is 0.0233 e. The van der Waals surface area contributed by atoms with Gasteiger partial charge in [-0.05, 0) is 50.0 Å². The first-order valence-corrected chi connectivity index (χ1v) is 8.44. The van der Waals surface area contributed by atoms with Gasteiger partial charge in [0.15, 0.2) is 0 Å². The minimum atomic E-state index is 0. The number of benzene rings is 2. The normalized spacial score (nSPS) is 15.3. The molecule has 0 unspecified atom stereocenters. The van der Waals surface area contributed by atoms with Crippen molar-refractivity contribution in [1.29, 1.82) is 0 Å². The summed E-state index contributed by atoms with van der Waals surface area (Å²) in [6.07, 6.45) is 3.66. The molecule has 1 saturated heterocycles. The largest absolute Gasteiger partial charge is 0.314 e. The van der Waals surface area contributed by atoms with Gasteiger partial charge < -0.3 is 5.32 Å². The van der Waals surface area contributed by atoms with Crippen LogP contribution < -0.4 is 5.32 Å². The average molecular weight is 367 g/mol. The molecule has 0 radical (unpaired) electrons.